The highest BCUT2D eigenvalue weighted by atomic mass is 15.1. The third kappa shape index (κ3) is 1.45. The fourth-order valence-corrected chi connectivity index (χ4v) is 0.928. The molecule has 0 fully saturated rings. The molecule has 0 amide bonds. The molecule has 0 aromatic carbocycles. The van der Waals surface area contributed by atoms with Crippen LogP contribution in [0.2, 0.25) is 0 Å². The molecule has 12 heavy (non-hydrogen) atoms. The number of aromatic amines is 2. The molecule has 0 aliphatic rings. The standard InChI is InChI=1S/C7H9N5/c1-2-9-12-6(1)3-8-7-4-10-11-5-7/h1-2,4-5,8H,3H2,(H,9,12)(H,10,11). The van der Waals surface area contributed by atoms with Crippen LogP contribution < -0.4 is 5.32 Å². The highest BCUT2D eigenvalue weighted by molar-refractivity contribution is 5.37. The molecule has 5 nitrogen and oxygen atoms in total. The van der Waals surface area contributed by atoms with Gasteiger partial charge in [0.1, 0.15) is 0 Å². The van der Waals surface area contributed by atoms with Crippen molar-refractivity contribution in [2.45, 2.75) is 6.54 Å². The summed E-state index contributed by atoms with van der Waals surface area (Å²) in [4.78, 5) is 0. The lowest BCUT2D eigenvalue weighted by atomic mass is 10.4. The second-order valence-corrected chi connectivity index (χ2v) is 2.42. The van der Waals surface area contributed by atoms with Crippen molar-refractivity contribution in [1.29, 1.82) is 0 Å². The van der Waals surface area contributed by atoms with E-state index in [1.807, 2.05) is 6.07 Å². The number of anilines is 1. The zero-order valence-corrected chi connectivity index (χ0v) is 6.41. The van der Waals surface area contributed by atoms with Crippen molar-refractivity contribution in [3.63, 3.8) is 0 Å². The molecule has 0 radical (unpaired) electrons. The van der Waals surface area contributed by atoms with Gasteiger partial charge in [-0.05, 0) is 6.07 Å². The van der Waals surface area contributed by atoms with Crippen molar-refractivity contribution in [3.05, 3.63) is 30.4 Å². The summed E-state index contributed by atoms with van der Waals surface area (Å²) in [6.45, 7) is 0.736. The summed E-state index contributed by atoms with van der Waals surface area (Å²) in [5.74, 6) is 0. The predicted octanol–water partition coefficient (Wildman–Crippen LogP) is 0.745. The lowest BCUT2D eigenvalue weighted by Gasteiger charge is -1.98. The molecule has 0 atom stereocenters. The molecule has 2 heterocycles. The van der Waals surface area contributed by atoms with Crippen LogP contribution in [-0.2, 0) is 6.54 Å². The minimum absolute atomic E-state index is 0.736. The number of nitrogens with one attached hydrogen (secondary N) is 3. The van der Waals surface area contributed by atoms with E-state index in [-0.39, 0.29) is 0 Å². The summed E-state index contributed by atoms with van der Waals surface area (Å²) >= 11 is 0. The molecule has 0 aliphatic heterocycles. The first kappa shape index (κ1) is 6.90. The molecule has 0 saturated heterocycles. The van der Waals surface area contributed by atoms with Crippen LogP contribution in [0.4, 0.5) is 5.69 Å². The highest BCUT2D eigenvalue weighted by Crippen LogP contribution is 2.03. The molecular formula is C7H9N5. The van der Waals surface area contributed by atoms with E-state index in [1.54, 1.807) is 18.6 Å². The Kier molecular flexibility index (Phi) is 1.77. The Hall–Kier alpha value is -1.78. The number of hydrogen-bond acceptors (Lipinski definition) is 3. The van der Waals surface area contributed by atoms with Gasteiger partial charge < -0.3 is 5.32 Å². The number of H-pyrrole nitrogens is 2. The number of nitrogens with zero attached hydrogens (tertiary/aromatic N) is 2. The third-order valence-corrected chi connectivity index (χ3v) is 1.54. The van der Waals surface area contributed by atoms with E-state index < -0.39 is 0 Å². The molecule has 0 aliphatic carbocycles. The summed E-state index contributed by atoms with van der Waals surface area (Å²) in [7, 11) is 0. The van der Waals surface area contributed by atoms with Gasteiger partial charge in [0, 0.05) is 12.4 Å². The molecule has 0 saturated carbocycles. The number of rotatable bonds is 3. The van der Waals surface area contributed by atoms with Crippen molar-refractivity contribution < 1.29 is 0 Å². The molecule has 3 N–H and O–H groups in total. The average Bonchev–Trinajstić information content (AvgIpc) is 2.74. The molecule has 0 unspecified atom stereocenters. The van der Waals surface area contributed by atoms with Gasteiger partial charge in [-0.1, -0.05) is 0 Å². The van der Waals surface area contributed by atoms with Crippen molar-refractivity contribution >= 4 is 5.69 Å². The fraction of sp³-hybridized carbons (Fsp3) is 0.143. The second kappa shape index (κ2) is 3.08. The fourth-order valence-electron chi connectivity index (χ4n) is 0.928. The lowest BCUT2D eigenvalue weighted by molar-refractivity contribution is 0.982. The monoisotopic (exact) mass is 163 g/mol. The average molecular weight is 163 g/mol. The molecular weight excluding hydrogens is 154 g/mol. The van der Waals surface area contributed by atoms with Crippen LogP contribution in [0, 0.1) is 0 Å². The van der Waals surface area contributed by atoms with Gasteiger partial charge in [-0.15, -0.1) is 0 Å². The molecule has 2 aromatic rings. The molecule has 5 heteroatoms. The number of hydrogen-bond donors (Lipinski definition) is 3. The van der Waals surface area contributed by atoms with E-state index in [2.05, 4.69) is 25.7 Å². The maximum Gasteiger partial charge on any atom is 0.0726 e. The minimum Gasteiger partial charge on any atom is -0.377 e. The Morgan fingerprint density at radius 1 is 1.42 bits per heavy atom. The van der Waals surface area contributed by atoms with Crippen LogP contribution >= 0.6 is 0 Å². The SMILES string of the molecule is c1cc(CNc2cn[nH]c2)[nH]n1. The zero-order chi connectivity index (χ0) is 8.23. The van der Waals surface area contributed by atoms with Crippen molar-refractivity contribution in [2.75, 3.05) is 5.32 Å². The number of aromatic nitrogens is 4. The first-order valence-corrected chi connectivity index (χ1v) is 3.66. The Balaban J connectivity index is 1.91. The molecule has 62 valence electrons. The van der Waals surface area contributed by atoms with Gasteiger partial charge in [-0.2, -0.15) is 10.2 Å². The quantitative estimate of drug-likeness (QED) is 0.625. The van der Waals surface area contributed by atoms with Gasteiger partial charge in [-0.25, -0.2) is 0 Å². The van der Waals surface area contributed by atoms with Gasteiger partial charge in [0.25, 0.3) is 0 Å². The summed E-state index contributed by atoms with van der Waals surface area (Å²) in [5.41, 5.74) is 2.03. The van der Waals surface area contributed by atoms with Gasteiger partial charge in [0.05, 0.1) is 24.1 Å². The second-order valence-electron chi connectivity index (χ2n) is 2.42. The van der Waals surface area contributed by atoms with E-state index in [4.69, 9.17) is 0 Å². The lowest BCUT2D eigenvalue weighted by Crippen LogP contribution is -1.98. The highest BCUT2D eigenvalue weighted by Gasteiger charge is 1.93. The Labute approximate surface area is 69.2 Å². The Morgan fingerprint density at radius 3 is 3.08 bits per heavy atom. The van der Waals surface area contributed by atoms with Crippen molar-refractivity contribution in [2.24, 2.45) is 0 Å². The summed E-state index contributed by atoms with van der Waals surface area (Å²) in [5, 5.41) is 16.4. The maximum atomic E-state index is 3.83. The topological polar surface area (TPSA) is 69.4 Å². The summed E-state index contributed by atoms with van der Waals surface area (Å²) in [6, 6.07) is 1.92. The van der Waals surface area contributed by atoms with E-state index in [0.29, 0.717) is 0 Å². The van der Waals surface area contributed by atoms with Crippen LogP contribution in [-0.4, -0.2) is 20.4 Å². The van der Waals surface area contributed by atoms with E-state index >= 15 is 0 Å². The summed E-state index contributed by atoms with van der Waals surface area (Å²) in [6.07, 6.45) is 5.26. The first-order chi connectivity index (χ1) is 5.95. The predicted molar refractivity (Wildman–Crippen MR) is 44.5 cm³/mol. The molecule has 0 bridgehead atoms. The van der Waals surface area contributed by atoms with Gasteiger partial charge in [0.15, 0.2) is 0 Å². The summed E-state index contributed by atoms with van der Waals surface area (Å²) < 4.78 is 0. The van der Waals surface area contributed by atoms with E-state index in [0.717, 1.165) is 17.9 Å². The van der Waals surface area contributed by atoms with Gasteiger partial charge in [0.2, 0.25) is 0 Å². The first-order valence-electron chi connectivity index (χ1n) is 3.66. The Bertz CT molecular complexity index is 275. The largest absolute Gasteiger partial charge is 0.377 e. The van der Waals surface area contributed by atoms with Crippen molar-refractivity contribution in [1.82, 2.24) is 20.4 Å². The van der Waals surface area contributed by atoms with Gasteiger partial charge in [-0.3, -0.25) is 10.2 Å². The van der Waals surface area contributed by atoms with Crippen LogP contribution in [0.25, 0.3) is 0 Å². The van der Waals surface area contributed by atoms with Gasteiger partial charge >= 0.3 is 0 Å². The van der Waals surface area contributed by atoms with Crippen LogP contribution in [0.1, 0.15) is 5.69 Å². The van der Waals surface area contributed by atoms with Crippen LogP contribution in [0.15, 0.2) is 24.7 Å². The molecule has 2 rings (SSSR count). The zero-order valence-electron chi connectivity index (χ0n) is 6.41. The smallest absolute Gasteiger partial charge is 0.0726 e. The molecule has 0 spiro atoms. The van der Waals surface area contributed by atoms with Crippen molar-refractivity contribution in [3.8, 4) is 0 Å². The minimum atomic E-state index is 0.736. The van der Waals surface area contributed by atoms with Crippen LogP contribution in [0.3, 0.4) is 0 Å². The third-order valence-electron chi connectivity index (χ3n) is 1.54. The Morgan fingerprint density at radius 2 is 2.42 bits per heavy atom. The molecule has 2 aromatic heterocycles. The normalized spacial score (nSPS) is 10.0. The maximum absolute atomic E-state index is 3.83. The van der Waals surface area contributed by atoms with E-state index in [1.165, 1.54) is 0 Å². The van der Waals surface area contributed by atoms with Crippen LogP contribution in [0.5, 0.6) is 0 Å². The van der Waals surface area contributed by atoms with E-state index in [9.17, 15) is 0 Å².